The topological polar surface area (TPSA) is 77.2 Å². The highest BCUT2D eigenvalue weighted by Gasteiger charge is 2.12. The van der Waals surface area contributed by atoms with Gasteiger partial charge in [0.2, 0.25) is 5.91 Å². The predicted molar refractivity (Wildman–Crippen MR) is 114 cm³/mol. The summed E-state index contributed by atoms with van der Waals surface area (Å²) in [5.41, 5.74) is 4.27. The Hall–Kier alpha value is -2.80. The lowest BCUT2D eigenvalue weighted by molar-refractivity contribution is -0.113. The van der Waals surface area contributed by atoms with Crippen molar-refractivity contribution in [3.05, 3.63) is 65.0 Å². The first-order chi connectivity index (χ1) is 13.9. The quantitative estimate of drug-likeness (QED) is 0.519. The maximum atomic E-state index is 12.2. The molecule has 0 aliphatic rings. The van der Waals surface area contributed by atoms with Gasteiger partial charge in [0.05, 0.1) is 5.75 Å². The highest BCUT2D eigenvalue weighted by molar-refractivity contribution is 7.99. The number of carbonyl (C=O) groups is 1. The molecule has 6 nitrogen and oxygen atoms in total. The second kappa shape index (κ2) is 9.60. The third kappa shape index (κ3) is 5.84. The van der Waals surface area contributed by atoms with Crippen molar-refractivity contribution >= 4 is 23.4 Å². The second-order valence-electron chi connectivity index (χ2n) is 7.06. The molecule has 0 aliphatic carbocycles. The van der Waals surface area contributed by atoms with Gasteiger partial charge < -0.3 is 14.5 Å². The van der Waals surface area contributed by atoms with Crippen molar-refractivity contribution < 1.29 is 13.9 Å². The molecule has 1 aromatic heterocycles. The van der Waals surface area contributed by atoms with E-state index in [0.29, 0.717) is 17.0 Å². The van der Waals surface area contributed by atoms with E-state index < -0.39 is 0 Å². The van der Waals surface area contributed by atoms with E-state index in [2.05, 4.69) is 29.4 Å². The number of aromatic nitrogens is 2. The molecule has 0 atom stereocenters. The molecule has 3 aromatic rings. The van der Waals surface area contributed by atoms with E-state index in [-0.39, 0.29) is 18.3 Å². The first kappa shape index (κ1) is 20.9. The van der Waals surface area contributed by atoms with Gasteiger partial charge in [-0.05, 0) is 54.7 Å². The average Bonchev–Trinajstić information content (AvgIpc) is 3.16. The zero-order valence-corrected chi connectivity index (χ0v) is 17.9. The van der Waals surface area contributed by atoms with Gasteiger partial charge >= 0.3 is 0 Å². The molecule has 3 rings (SSSR count). The van der Waals surface area contributed by atoms with Crippen molar-refractivity contribution in [2.45, 2.75) is 45.4 Å². The normalized spacial score (nSPS) is 10.9. The predicted octanol–water partition coefficient (Wildman–Crippen LogP) is 5.12. The lowest BCUT2D eigenvalue weighted by Crippen LogP contribution is -2.15. The van der Waals surface area contributed by atoms with Crippen LogP contribution in [-0.2, 0) is 11.4 Å². The van der Waals surface area contributed by atoms with Crippen LogP contribution >= 0.6 is 11.8 Å². The summed E-state index contributed by atoms with van der Waals surface area (Å²) in [5.74, 6) is 1.66. The lowest BCUT2D eigenvalue weighted by Gasteiger charge is -2.09. The Morgan fingerprint density at radius 2 is 1.90 bits per heavy atom. The summed E-state index contributed by atoms with van der Waals surface area (Å²) in [6.07, 6.45) is 0. The van der Waals surface area contributed by atoms with Crippen LogP contribution in [0.15, 0.2) is 52.1 Å². The summed E-state index contributed by atoms with van der Waals surface area (Å²) in [7, 11) is 0. The fraction of sp³-hybridized carbons (Fsp3) is 0.318. The third-order valence-corrected chi connectivity index (χ3v) is 5.38. The number of aryl methyl sites for hydroxylation is 1. The number of carbonyl (C=O) groups excluding carboxylic acids is 1. The van der Waals surface area contributed by atoms with Crippen LogP contribution in [0.25, 0.3) is 0 Å². The second-order valence-corrected chi connectivity index (χ2v) is 7.99. The van der Waals surface area contributed by atoms with Crippen LogP contribution in [-0.4, -0.2) is 21.9 Å². The Morgan fingerprint density at radius 1 is 1.14 bits per heavy atom. The molecule has 0 saturated carbocycles. The smallest absolute Gasteiger partial charge is 0.277 e. The Labute approximate surface area is 175 Å². The fourth-order valence-corrected chi connectivity index (χ4v) is 3.23. The molecular formula is C22H25N3O3S. The minimum Gasteiger partial charge on any atom is -0.484 e. The van der Waals surface area contributed by atoms with Crippen LogP contribution in [0.1, 0.15) is 42.3 Å². The van der Waals surface area contributed by atoms with Gasteiger partial charge in [-0.1, -0.05) is 49.9 Å². The number of benzene rings is 2. The molecule has 0 spiro atoms. The number of anilines is 1. The first-order valence-corrected chi connectivity index (χ1v) is 10.4. The number of nitrogens with one attached hydrogen (secondary N) is 1. The van der Waals surface area contributed by atoms with Gasteiger partial charge in [0.1, 0.15) is 5.75 Å². The molecule has 1 heterocycles. The molecule has 152 valence electrons. The van der Waals surface area contributed by atoms with E-state index in [4.69, 9.17) is 9.15 Å². The number of nitrogens with zero attached hydrogens (tertiary/aromatic N) is 2. The molecule has 0 fully saturated rings. The summed E-state index contributed by atoms with van der Waals surface area (Å²) in [5, 5.41) is 11.2. The van der Waals surface area contributed by atoms with E-state index in [9.17, 15) is 4.79 Å². The van der Waals surface area contributed by atoms with Crippen molar-refractivity contribution in [3.63, 3.8) is 0 Å². The van der Waals surface area contributed by atoms with Crippen molar-refractivity contribution in [1.82, 2.24) is 10.2 Å². The minimum absolute atomic E-state index is 0.120. The van der Waals surface area contributed by atoms with Crippen molar-refractivity contribution in [2.24, 2.45) is 0 Å². The van der Waals surface area contributed by atoms with Crippen molar-refractivity contribution in [1.29, 1.82) is 0 Å². The zero-order chi connectivity index (χ0) is 20.8. The number of ether oxygens (including phenoxy) is 1. The molecule has 2 aromatic carbocycles. The lowest BCUT2D eigenvalue weighted by atomic mass is 10.0. The van der Waals surface area contributed by atoms with Crippen LogP contribution in [0, 0.1) is 13.8 Å². The summed E-state index contributed by atoms with van der Waals surface area (Å²) in [6, 6.07) is 13.8. The highest BCUT2D eigenvalue weighted by atomic mass is 32.2. The molecule has 0 aliphatic heterocycles. The number of rotatable bonds is 8. The molecule has 1 N–H and O–H groups in total. The molecule has 0 saturated heterocycles. The summed E-state index contributed by atoms with van der Waals surface area (Å²) >= 11 is 1.20. The Bertz CT molecular complexity index is 968. The standard InChI is InChI=1S/C22H25N3O3S/c1-14(2)17-8-10-18(11-9-17)27-12-21-24-25-22(28-21)29-13-20(26)23-19-7-5-6-15(3)16(19)4/h5-11,14H,12-13H2,1-4H3,(H,23,26). The summed E-state index contributed by atoms with van der Waals surface area (Å²) < 4.78 is 11.2. The van der Waals surface area contributed by atoms with Crippen LogP contribution in [0.2, 0.25) is 0 Å². The molecular weight excluding hydrogens is 386 g/mol. The van der Waals surface area contributed by atoms with Gasteiger partial charge in [-0.15, -0.1) is 10.2 Å². The van der Waals surface area contributed by atoms with Crippen molar-refractivity contribution in [2.75, 3.05) is 11.1 Å². The average molecular weight is 412 g/mol. The van der Waals surface area contributed by atoms with Gasteiger partial charge in [-0.2, -0.15) is 0 Å². The van der Waals surface area contributed by atoms with Crippen LogP contribution in [0.4, 0.5) is 5.69 Å². The minimum atomic E-state index is -0.120. The molecule has 0 unspecified atom stereocenters. The fourth-order valence-electron chi connectivity index (χ4n) is 2.65. The Balaban J connectivity index is 1.47. The largest absolute Gasteiger partial charge is 0.484 e. The SMILES string of the molecule is Cc1cccc(NC(=O)CSc2nnc(COc3ccc(C(C)C)cc3)o2)c1C. The monoisotopic (exact) mass is 411 g/mol. The van der Waals surface area contributed by atoms with Gasteiger partial charge in [0, 0.05) is 5.69 Å². The number of thioether (sulfide) groups is 1. The summed E-state index contributed by atoms with van der Waals surface area (Å²) in [4.78, 5) is 12.2. The molecule has 0 radical (unpaired) electrons. The molecule has 0 bridgehead atoms. The van der Waals surface area contributed by atoms with Crippen molar-refractivity contribution in [3.8, 4) is 5.75 Å². The first-order valence-electron chi connectivity index (χ1n) is 9.46. The van der Waals surface area contributed by atoms with Gasteiger partial charge in [0.15, 0.2) is 6.61 Å². The van der Waals surface area contributed by atoms with E-state index in [1.165, 1.54) is 17.3 Å². The zero-order valence-electron chi connectivity index (χ0n) is 17.1. The van der Waals surface area contributed by atoms with Gasteiger partial charge in [0.25, 0.3) is 11.1 Å². The van der Waals surface area contributed by atoms with Crippen LogP contribution in [0.3, 0.4) is 0 Å². The van der Waals surface area contributed by atoms with Gasteiger partial charge in [-0.3, -0.25) is 4.79 Å². The van der Waals surface area contributed by atoms with Crippen LogP contribution in [0.5, 0.6) is 5.75 Å². The third-order valence-electron chi connectivity index (χ3n) is 4.56. The highest BCUT2D eigenvalue weighted by Crippen LogP contribution is 2.22. The maximum Gasteiger partial charge on any atom is 0.277 e. The molecule has 1 amide bonds. The van der Waals surface area contributed by atoms with E-state index >= 15 is 0 Å². The Kier molecular flexibility index (Phi) is 6.93. The van der Waals surface area contributed by atoms with Crippen LogP contribution < -0.4 is 10.1 Å². The summed E-state index contributed by atoms with van der Waals surface area (Å²) in [6.45, 7) is 8.48. The number of hydrogen-bond donors (Lipinski definition) is 1. The number of hydrogen-bond acceptors (Lipinski definition) is 6. The van der Waals surface area contributed by atoms with E-state index in [1.54, 1.807) is 0 Å². The Morgan fingerprint density at radius 3 is 2.62 bits per heavy atom. The maximum absolute atomic E-state index is 12.2. The molecule has 7 heteroatoms. The van der Waals surface area contributed by atoms with Gasteiger partial charge in [-0.25, -0.2) is 0 Å². The van der Waals surface area contributed by atoms with E-state index in [1.807, 2.05) is 56.3 Å². The molecule has 29 heavy (non-hydrogen) atoms. The van der Waals surface area contributed by atoms with E-state index in [0.717, 1.165) is 22.6 Å². The number of amides is 1.